The average Bonchev–Trinajstić information content (AvgIpc) is 2.02. The molecule has 3 heteroatoms. The quantitative estimate of drug-likeness (QED) is 0.663. The van der Waals surface area contributed by atoms with Crippen molar-refractivity contribution in [1.82, 2.24) is 4.90 Å². The SMILES string of the molecule is CC(C)CCN1CCC(F)(F)CC1. The highest BCUT2D eigenvalue weighted by Crippen LogP contribution is 2.27. The zero-order valence-electron chi connectivity index (χ0n) is 8.52. The molecule has 0 amide bonds. The van der Waals surface area contributed by atoms with Crippen molar-refractivity contribution >= 4 is 0 Å². The lowest BCUT2D eigenvalue weighted by atomic mass is 10.1. The molecule has 78 valence electrons. The molecule has 1 fully saturated rings. The minimum Gasteiger partial charge on any atom is -0.303 e. The molecule has 0 unspecified atom stereocenters. The van der Waals surface area contributed by atoms with E-state index in [0.717, 1.165) is 13.0 Å². The molecule has 13 heavy (non-hydrogen) atoms. The molecule has 0 aromatic heterocycles. The van der Waals surface area contributed by atoms with Gasteiger partial charge >= 0.3 is 0 Å². The van der Waals surface area contributed by atoms with Crippen LogP contribution in [0.4, 0.5) is 8.78 Å². The summed E-state index contributed by atoms with van der Waals surface area (Å²) in [6, 6.07) is 0. The summed E-state index contributed by atoms with van der Waals surface area (Å²) in [5.74, 6) is -1.73. The predicted molar refractivity (Wildman–Crippen MR) is 50.1 cm³/mol. The van der Waals surface area contributed by atoms with Crippen LogP contribution >= 0.6 is 0 Å². The van der Waals surface area contributed by atoms with E-state index in [1.165, 1.54) is 0 Å². The Morgan fingerprint density at radius 3 is 2.23 bits per heavy atom. The van der Waals surface area contributed by atoms with Gasteiger partial charge in [-0.2, -0.15) is 0 Å². The van der Waals surface area contributed by atoms with Crippen LogP contribution in [0, 0.1) is 5.92 Å². The van der Waals surface area contributed by atoms with Crippen LogP contribution in [-0.2, 0) is 0 Å². The van der Waals surface area contributed by atoms with Crippen LogP contribution < -0.4 is 0 Å². The number of halogens is 2. The number of piperidine rings is 1. The van der Waals surface area contributed by atoms with Crippen LogP contribution in [0.25, 0.3) is 0 Å². The highest BCUT2D eigenvalue weighted by Gasteiger charge is 2.33. The van der Waals surface area contributed by atoms with Crippen LogP contribution in [0.15, 0.2) is 0 Å². The summed E-state index contributed by atoms with van der Waals surface area (Å²) >= 11 is 0. The topological polar surface area (TPSA) is 3.24 Å². The standard InChI is InChI=1S/C10H19F2N/c1-9(2)3-6-13-7-4-10(11,12)5-8-13/h9H,3-8H2,1-2H3. The number of nitrogens with zero attached hydrogens (tertiary/aromatic N) is 1. The van der Waals surface area contributed by atoms with Gasteiger partial charge < -0.3 is 4.90 Å². The van der Waals surface area contributed by atoms with Gasteiger partial charge in [-0.05, 0) is 18.9 Å². The summed E-state index contributed by atoms with van der Waals surface area (Å²) in [4.78, 5) is 2.15. The second kappa shape index (κ2) is 4.36. The molecule has 0 aromatic rings. The van der Waals surface area contributed by atoms with Crippen LogP contribution in [0.3, 0.4) is 0 Å². The molecule has 0 N–H and O–H groups in total. The normalized spacial score (nSPS) is 23.8. The van der Waals surface area contributed by atoms with Gasteiger partial charge in [0.2, 0.25) is 0 Å². The van der Waals surface area contributed by atoms with Gasteiger partial charge in [-0.15, -0.1) is 0 Å². The number of hydrogen-bond donors (Lipinski definition) is 0. The third-order valence-electron chi connectivity index (χ3n) is 2.61. The Labute approximate surface area is 79.1 Å². The summed E-state index contributed by atoms with van der Waals surface area (Å²) in [6.45, 7) is 6.45. The first kappa shape index (κ1) is 10.9. The maximum atomic E-state index is 12.7. The molecule has 0 spiro atoms. The van der Waals surface area contributed by atoms with Crippen molar-refractivity contribution in [2.45, 2.75) is 39.0 Å². The summed E-state index contributed by atoms with van der Waals surface area (Å²) in [7, 11) is 0. The lowest BCUT2D eigenvalue weighted by molar-refractivity contribution is -0.0555. The van der Waals surface area contributed by atoms with Crippen molar-refractivity contribution in [3.8, 4) is 0 Å². The van der Waals surface area contributed by atoms with Crippen LogP contribution in [0.5, 0.6) is 0 Å². The monoisotopic (exact) mass is 191 g/mol. The number of likely N-dealkylation sites (tertiary alicyclic amines) is 1. The van der Waals surface area contributed by atoms with Gasteiger partial charge in [0.05, 0.1) is 0 Å². The van der Waals surface area contributed by atoms with Crippen molar-refractivity contribution in [2.75, 3.05) is 19.6 Å². The molecule has 0 bridgehead atoms. The van der Waals surface area contributed by atoms with E-state index in [9.17, 15) is 8.78 Å². The van der Waals surface area contributed by atoms with Gasteiger partial charge in [0.1, 0.15) is 0 Å². The largest absolute Gasteiger partial charge is 0.303 e. The minimum atomic E-state index is -2.39. The number of hydrogen-bond acceptors (Lipinski definition) is 1. The molecule has 0 saturated carbocycles. The fraction of sp³-hybridized carbons (Fsp3) is 1.00. The Hall–Kier alpha value is -0.180. The fourth-order valence-corrected chi connectivity index (χ4v) is 1.54. The van der Waals surface area contributed by atoms with E-state index in [2.05, 4.69) is 18.7 Å². The van der Waals surface area contributed by atoms with Gasteiger partial charge in [-0.25, -0.2) is 8.78 Å². The highest BCUT2D eigenvalue weighted by molar-refractivity contribution is 4.77. The van der Waals surface area contributed by atoms with Gasteiger partial charge in [0.25, 0.3) is 5.92 Å². The molecule has 1 rings (SSSR count). The molecule has 1 saturated heterocycles. The van der Waals surface area contributed by atoms with E-state index in [-0.39, 0.29) is 12.8 Å². The van der Waals surface area contributed by atoms with Crippen molar-refractivity contribution in [1.29, 1.82) is 0 Å². The molecule has 0 aliphatic carbocycles. The predicted octanol–water partition coefficient (Wildman–Crippen LogP) is 2.76. The molecule has 0 atom stereocenters. The Bertz CT molecular complexity index is 144. The summed E-state index contributed by atoms with van der Waals surface area (Å²) in [5.41, 5.74) is 0. The van der Waals surface area contributed by atoms with Crippen LogP contribution in [-0.4, -0.2) is 30.5 Å². The molecule has 1 heterocycles. The molecular weight excluding hydrogens is 172 g/mol. The van der Waals surface area contributed by atoms with E-state index < -0.39 is 5.92 Å². The van der Waals surface area contributed by atoms with Gasteiger partial charge in [0.15, 0.2) is 0 Å². The van der Waals surface area contributed by atoms with E-state index >= 15 is 0 Å². The van der Waals surface area contributed by atoms with Gasteiger partial charge in [-0.3, -0.25) is 0 Å². The Kier molecular flexibility index (Phi) is 3.65. The molecule has 1 nitrogen and oxygen atoms in total. The number of alkyl halides is 2. The second-order valence-corrected chi connectivity index (χ2v) is 4.38. The number of rotatable bonds is 3. The van der Waals surface area contributed by atoms with Crippen LogP contribution in [0.1, 0.15) is 33.1 Å². The lowest BCUT2D eigenvalue weighted by Gasteiger charge is -2.31. The molecular formula is C10H19F2N. The summed E-state index contributed by atoms with van der Waals surface area (Å²) in [5, 5.41) is 0. The zero-order valence-corrected chi connectivity index (χ0v) is 8.52. The van der Waals surface area contributed by atoms with E-state index in [1.54, 1.807) is 0 Å². The average molecular weight is 191 g/mol. The summed E-state index contributed by atoms with van der Waals surface area (Å²) in [6.07, 6.45) is 1.21. The van der Waals surface area contributed by atoms with Crippen molar-refractivity contribution in [3.05, 3.63) is 0 Å². The lowest BCUT2D eigenvalue weighted by Crippen LogP contribution is -2.39. The minimum absolute atomic E-state index is 0.0467. The summed E-state index contributed by atoms with van der Waals surface area (Å²) < 4.78 is 25.5. The van der Waals surface area contributed by atoms with Gasteiger partial charge in [0, 0.05) is 25.9 Å². The first-order chi connectivity index (χ1) is 5.99. The van der Waals surface area contributed by atoms with Gasteiger partial charge in [-0.1, -0.05) is 13.8 Å². The third-order valence-corrected chi connectivity index (χ3v) is 2.61. The van der Waals surface area contributed by atoms with E-state index in [0.29, 0.717) is 19.0 Å². The Morgan fingerprint density at radius 1 is 1.23 bits per heavy atom. The van der Waals surface area contributed by atoms with Crippen LogP contribution in [0.2, 0.25) is 0 Å². The first-order valence-corrected chi connectivity index (χ1v) is 5.10. The first-order valence-electron chi connectivity index (χ1n) is 5.10. The molecule has 0 radical (unpaired) electrons. The molecule has 1 aliphatic rings. The van der Waals surface area contributed by atoms with Crippen molar-refractivity contribution < 1.29 is 8.78 Å². The maximum Gasteiger partial charge on any atom is 0.250 e. The molecule has 0 aromatic carbocycles. The second-order valence-electron chi connectivity index (χ2n) is 4.38. The third kappa shape index (κ3) is 4.03. The smallest absolute Gasteiger partial charge is 0.250 e. The zero-order chi connectivity index (χ0) is 9.90. The highest BCUT2D eigenvalue weighted by atomic mass is 19.3. The maximum absolute atomic E-state index is 12.7. The molecule has 1 aliphatic heterocycles. The fourth-order valence-electron chi connectivity index (χ4n) is 1.54. The van der Waals surface area contributed by atoms with Crippen molar-refractivity contribution in [2.24, 2.45) is 5.92 Å². The Morgan fingerprint density at radius 2 is 1.77 bits per heavy atom. The van der Waals surface area contributed by atoms with E-state index in [1.807, 2.05) is 0 Å². The Balaban J connectivity index is 2.18. The van der Waals surface area contributed by atoms with Crippen molar-refractivity contribution in [3.63, 3.8) is 0 Å². The van der Waals surface area contributed by atoms with E-state index in [4.69, 9.17) is 0 Å².